The predicted molar refractivity (Wildman–Crippen MR) is 176 cm³/mol. The monoisotopic (exact) mass is 765 g/mol. The molecule has 3 amide bonds. The summed E-state index contributed by atoms with van der Waals surface area (Å²) < 4.78 is 17.4. The molecule has 1 aliphatic heterocycles. The number of nitro groups is 1. The van der Waals surface area contributed by atoms with Gasteiger partial charge < -0.3 is 19.5 Å². The lowest BCUT2D eigenvalue weighted by Gasteiger charge is -2.15. The van der Waals surface area contributed by atoms with Gasteiger partial charge in [0.05, 0.1) is 37.2 Å². The molecule has 0 unspecified atom stereocenters. The number of hydrogen-bond acceptors (Lipinski definition) is 10. The molecule has 0 saturated carbocycles. The van der Waals surface area contributed by atoms with Crippen molar-refractivity contribution in [2.75, 3.05) is 25.1 Å². The molecule has 4 rings (SSSR count). The fourth-order valence-electron chi connectivity index (χ4n) is 4.04. The summed E-state index contributed by atoms with van der Waals surface area (Å²) in [7, 11) is 0. The summed E-state index contributed by atoms with van der Waals surface area (Å²) in [5.41, 5.74) is 1.56. The Morgan fingerprint density at radius 2 is 1.80 bits per heavy atom. The van der Waals surface area contributed by atoms with Crippen molar-refractivity contribution in [3.63, 3.8) is 0 Å². The largest absolute Gasteiger partial charge is 0.490 e. The van der Waals surface area contributed by atoms with Crippen molar-refractivity contribution in [3.05, 3.63) is 94.9 Å². The predicted octanol–water partition coefficient (Wildman–Crippen LogP) is 6.68. The number of imide groups is 1. The molecule has 0 aliphatic carbocycles. The van der Waals surface area contributed by atoms with Crippen molar-refractivity contribution in [2.24, 2.45) is 0 Å². The Balaban J connectivity index is 1.46. The van der Waals surface area contributed by atoms with Crippen LogP contribution in [0.15, 0.2) is 59.5 Å². The second-order valence-electron chi connectivity index (χ2n) is 9.21. The lowest BCUT2D eigenvalue weighted by atomic mass is 10.1. The molecule has 1 saturated heterocycles. The number of amides is 3. The van der Waals surface area contributed by atoms with Crippen LogP contribution in [0.1, 0.15) is 35.3 Å². The zero-order valence-corrected chi connectivity index (χ0v) is 27.6. The molecule has 3 aromatic carbocycles. The van der Waals surface area contributed by atoms with E-state index in [1.165, 1.54) is 36.4 Å². The van der Waals surface area contributed by atoms with E-state index in [9.17, 15) is 29.3 Å². The molecule has 0 atom stereocenters. The number of ether oxygens (including phenoxy) is 3. The fourth-order valence-corrected chi connectivity index (χ4v) is 5.86. The Morgan fingerprint density at radius 1 is 1.07 bits per heavy atom. The average Bonchev–Trinajstić information content (AvgIpc) is 3.25. The standard InChI is InChI=1S/C30H25ClIN3O9S/c1-3-42-24-12-18(11-23(32)27(24)44-16-17-5-8-20(9-6-17)35(40)41)13-25-28(37)34(30(39)45-25)15-26(36)33-19-7-10-22(31)21(14-19)29(38)43-4-2/h5-14H,3-4,15-16H2,1-2H3,(H,33,36)/b25-13+. The number of nitrogens with one attached hydrogen (secondary N) is 1. The normalized spacial score (nSPS) is 13.6. The van der Waals surface area contributed by atoms with Crippen molar-refractivity contribution in [3.8, 4) is 11.5 Å². The van der Waals surface area contributed by atoms with Crippen LogP contribution >= 0.6 is 46.0 Å². The Bertz CT molecular complexity index is 1700. The van der Waals surface area contributed by atoms with Crippen molar-refractivity contribution in [1.82, 2.24) is 4.90 Å². The maximum atomic E-state index is 13.1. The van der Waals surface area contributed by atoms with E-state index in [0.717, 1.165) is 10.5 Å². The number of esters is 1. The zero-order chi connectivity index (χ0) is 32.7. The van der Waals surface area contributed by atoms with E-state index in [2.05, 4.69) is 27.9 Å². The molecule has 12 nitrogen and oxygen atoms in total. The quantitative estimate of drug-likeness (QED) is 0.0694. The van der Waals surface area contributed by atoms with E-state index in [1.54, 1.807) is 38.1 Å². The molecular formula is C30H25ClIN3O9S. The molecule has 3 aromatic rings. The Kier molecular flexibility index (Phi) is 11.4. The van der Waals surface area contributed by atoms with Crippen molar-refractivity contribution < 1.29 is 38.3 Å². The summed E-state index contributed by atoms with van der Waals surface area (Å²) in [6, 6.07) is 13.7. The number of thioether (sulfide) groups is 1. The molecule has 1 fully saturated rings. The first kappa shape index (κ1) is 33.7. The first-order chi connectivity index (χ1) is 21.5. The second kappa shape index (κ2) is 15.2. The van der Waals surface area contributed by atoms with Crippen molar-refractivity contribution >= 4 is 86.4 Å². The minimum absolute atomic E-state index is 0.0242. The van der Waals surface area contributed by atoms with Gasteiger partial charge in [-0.1, -0.05) is 11.6 Å². The number of carbonyl (C=O) groups excluding carboxylic acids is 4. The smallest absolute Gasteiger partial charge is 0.339 e. The van der Waals surface area contributed by atoms with E-state index in [-0.39, 0.29) is 40.1 Å². The number of carbonyl (C=O) groups is 4. The van der Waals surface area contributed by atoms with E-state index >= 15 is 0 Å². The van der Waals surface area contributed by atoms with Gasteiger partial charge in [-0.2, -0.15) is 0 Å². The first-order valence-corrected chi connectivity index (χ1v) is 15.6. The summed E-state index contributed by atoms with van der Waals surface area (Å²) in [6.07, 6.45) is 1.53. The number of anilines is 1. The topological polar surface area (TPSA) is 154 Å². The van der Waals surface area contributed by atoms with Crippen LogP contribution in [0.4, 0.5) is 16.2 Å². The van der Waals surface area contributed by atoms with Crippen LogP contribution in [-0.4, -0.2) is 52.6 Å². The minimum Gasteiger partial charge on any atom is -0.490 e. The zero-order valence-electron chi connectivity index (χ0n) is 23.8. The summed E-state index contributed by atoms with van der Waals surface area (Å²) in [5.74, 6) is -1.10. The van der Waals surface area contributed by atoms with Gasteiger partial charge in [-0.25, -0.2) is 4.79 Å². The maximum absolute atomic E-state index is 13.1. The molecule has 0 spiro atoms. The van der Waals surface area contributed by atoms with Gasteiger partial charge in [-0.05, 0) is 108 Å². The third kappa shape index (κ3) is 8.52. The van der Waals surface area contributed by atoms with Crippen LogP contribution in [0.25, 0.3) is 6.08 Å². The minimum atomic E-state index is -0.654. The van der Waals surface area contributed by atoms with Crippen LogP contribution in [0.5, 0.6) is 11.5 Å². The van der Waals surface area contributed by atoms with Crippen LogP contribution in [0.2, 0.25) is 5.02 Å². The lowest BCUT2D eigenvalue weighted by molar-refractivity contribution is -0.384. The first-order valence-electron chi connectivity index (χ1n) is 13.3. The van der Waals surface area contributed by atoms with Gasteiger partial charge in [0.15, 0.2) is 11.5 Å². The van der Waals surface area contributed by atoms with Crippen LogP contribution in [0.3, 0.4) is 0 Å². The van der Waals surface area contributed by atoms with E-state index in [0.29, 0.717) is 39.0 Å². The van der Waals surface area contributed by atoms with Gasteiger partial charge >= 0.3 is 5.97 Å². The Morgan fingerprint density at radius 3 is 2.47 bits per heavy atom. The second-order valence-corrected chi connectivity index (χ2v) is 11.8. The van der Waals surface area contributed by atoms with Crippen LogP contribution in [0, 0.1) is 13.7 Å². The van der Waals surface area contributed by atoms with E-state index in [1.807, 2.05) is 0 Å². The van der Waals surface area contributed by atoms with Gasteiger partial charge in [0, 0.05) is 17.8 Å². The fraction of sp³-hybridized carbons (Fsp3) is 0.200. The molecule has 0 bridgehead atoms. The van der Waals surface area contributed by atoms with Gasteiger partial charge in [0.2, 0.25) is 5.91 Å². The number of halogens is 2. The van der Waals surface area contributed by atoms with Crippen molar-refractivity contribution in [1.29, 1.82) is 0 Å². The summed E-state index contributed by atoms with van der Waals surface area (Å²) in [6.45, 7) is 3.51. The number of nitrogens with zero attached hydrogens (tertiary/aromatic N) is 2. The van der Waals surface area contributed by atoms with Gasteiger partial charge in [-0.3, -0.25) is 29.4 Å². The van der Waals surface area contributed by atoms with Crippen LogP contribution < -0.4 is 14.8 Å². The Hall–Kier alpha value is -4.15. The number of non-ortho nitro benzene ring substituents is 1. The van der Waals surface area contributed by atoms with E-state index in [4.69, 9.17) is 25.8 Å². The molecule has 45 heavy (non-hydrogen) atoms. The van der Waals surface area contributed by atoms with Gasteiger partial charge in [-0.15, -0.1) is 0 Å². The number of benzene rings is 3. The summed E-state index contributed by atoms with van der Waals surface area (Å²) in [4.78, 5) is 62.0. The number of hydrogen-bond donors (Lipinski definition) is 1. The van der Waals surface area contributed by atoms with Crippen LogP contribution in [-0.2, 0) is 20.9 Å². The molecule has 234 valence electrons. The third-order valence-corrected chi connectivity index (χ3v) is 8.12. The summed E-state index contributed by atoms with van der Waals surface area (Å²) in [5, 5.41) is 13.0. The lowest BCUT2D eigenvalue weighted by Crippen LogP contribution is -2.36. The third-order valence-electron chi connectivity index (χ3n) is 6.08. The number of nitro benzene ring substituents is 1. The SMILES string of the molecule is CCOC(=O)c1cc(NC(=O)CN2C(=O)S/C(=C/c3cc(I)c(OCc4ccc([N+](=O)[O-])cc4)c(OCC)c3)C2=O)ccc1Cl. The average molecular weight is 766 g/mol. The molecule has 1 aliphatic rings. The van der Waals surface area contributed by atoms with E-state index < -0.39 is 34.5 Å². The highest BCUT2D eigenvalue weighted by Crippen LogP contribution is 2.38. The molecule has 1 heterocycles. The number of rotatable bonds is 12. The van der Waals surface area contributed by atoms with Gasteiger partial charge in [0.1, 0.15) is 13.2 Å². The summed E-state index contributed by atoms with van der Waals surface area (Å²) >= 11 is 8.83. The molecule has 0 radical (unpaired) electrons. The molecule has 0 aromatic heterocycles. The highest BCUT2D eigenvalue weighted by Gasteiger charge is 2.36. The molecular weight excluding hydrogens is 741 g/mol. The maximum Gasteiger partial charge on any atom is 0.339 e. The molecule has 15 heteroatoms. The molecule has 1 N–H and O–H groups in total. The van der Waals surface area contributed by atoms with Crippen molar-refractivity contribution in [2.45, 2.75) is 20.5 Å². The Labute approximate surface area is 280 Å². The highest BCUT2D eigenvalue weighted by atomic mass is 127. The highest BCUT2D eigenvalue weighted by molar-refractivity contribution is 14.1. The van der Waals surface area contributed by atoms with Gasteiger partial charge in [0.25, 0.3) is 16.8 Å².